The summed E-state index contributed by atoms with van der Waals surface area (Å²) in [5.74, 6) is 1.87. The van der Waals surface area contributed by atoms with Crippen LogP contribution in [0.15, 0.2) is 47.7 Å². The number of nitrogens with one attached hydrogen (secondary N) is 2. The van der Waals surface area contributed by atoms with Crippen molar-refractivity contribution in [3.63, 3.8) is 0 Å². The van der Waals surface area contributed by atoms with Gasteiger partial charge in [0.15, 0.2) is 0 Å². The molecule has 1 amide bonds. The largest absolute Gasteiger partial charge is 0.321 e. The molecule has 0 aliphatic carbocycles. The molecule has 6 rings (SSSR count). The number of carbonyl (C=O) groups excluding carboxylic acids is 1. The first-order valence-electron chi connectivity index (χ1n) is 11.8. The van der Waals surface area contributed by atoms with Gasteiger partial charge in [-0.05, 0) is 67.8 Å². The summed E-state index contributed by atoms with van der Waals surface area (Å²) in [7, 11) is 0. The molecule has 4 aromatic rings. The smallest absolute Gasteiger partial charge is 0.274 e. The van der Waals surface area contributed by atoms with Crippen LogP contribution in [0.2, 0.25) is 0 Å². The van der Waals surface area contributed by atoms with Gasteiger partial charge in [-0.2, -0.15) is 4.98 Å². The normalized spacial score (nSPS) is 14.0. The van der Waals surface area contributed by atoms with E-state index in [0.717, 1.165) is 51.0 Å². The van der Waals surface area contributed by atoms with Gasteiger partial charge >= 0.3 is 0 Å². The highest BCUT2D eigenvalue weighted by atomic mass is 32.1. The third-order valence-corrected chi connectivity index (χ3v) is 6.87. The van der Waals surface area contributed by atoms with Crippen molar-refractivity contribution in [2.24, 2.45) is 4.99 Å². The van der Waals surface area contributed by atoms with Crippen LogP contribution in [-0.2, 0) is 0 Å². The van der Waals surface area contributed by atoms with Crippen molar-refractivity contribution in [2.45, 2.75) is 20.8 Å². The van der Waals surface area contributed by atoms with E-state index < -0.39 is 0 Å². The monoisotopic (exact) mass is 509 g/mol. The molecule has 2 aliphatic rings. The second-order valence-electron chi connectivity index (χ2n) is 8.84. The molecule has 0 saturated carbocycles. The fourth-order valence-corrected chi connectivity index (χ4v) is 4.94. The first-order chi connectivity index (χ1) is 17.9. The van der Waals surface area contributed by atoms with Crippen LogP contribution in [0.25, 0.3) is 11.6 Å². The van der Waals surface area contributed by atoms with Crippen molar-refractivity contribution < 1.29 is 4.79 Å². The zero-order chi connectivity index (χ0) is 25.5. The van der Waals surface area contributed by atoms with Crippen LogP contribution in [0, 0.1) is 20.8 Å². The van der Waals surface area contributed by atoms with Crippen molar-refractivity contribution in [1.82, 2.24) is 25.1 Å². The number of fused-ring (bicyclic) bond motifs is 3. The Balaban J connectivity index is 1.33. The quantitative estimate of drug-likeness (QED) is 0.406. The summed E-state index contributed by atoms with van der Waals surface area (Å²) in [6, 6.07) is 9.51. The highest BCUT2D eigenvalue weighted by Crippen LogP contribution is 2.37. The third-order valence-electron chi connectivity index (χ3n) is 6.11. The summed E-state index contributed by atoms with van der Waals surface area (Å²) < 4.78 is 0. The third kappa shape index (κ3) is 4.45. The number of rotatable bonds is 5. The Hall–Kier alpha value is -4.51. The second-order valence-corrected chi connectivity index (χ2v) is 10.0. The molecular weight excluding hydrogens is 486 g/mol. The maximum absolute atomic E-state index is 12.8. The number of hydrogen-bond donors (Lipinski definition) is 2. The molecule has 0 unspecified atom stereocenters. The average Bonchev–Trinajstić information content (AvgIpc) is 3.54. The van der Waals surface area contributed by atoms with Crippen LogP contribution in [0.1, 0.15) is 37.7 Å². The van der Waals surface area contributed by atoms with E-state index in [1.807, 2.05) is 45.0 Å². The highest BCUT2D eigenvalue weighted by molar-refractivity contribution is 7.15. The van der Waals surface area contributed by atoms with Crippen molar-refractivity contribution in [2.75, 3.05) is 28.6 Å². The number of amidine groups is 1. The number of aryl methyl sites for hydroxylation is 3. The summed E-state index contributed by atoms with van der Waals surface area (Å²) in [6.45, 7) is 7.28. The van der Waals surface area contributed by atoms with Crippen molar-refractivity contribution in [3.05, 3.63) is 75.7 Å². The molecule has 0 spiro atoms. The predicted octanol–water partition coefficient (Wildman–Crippen LogP) is 4.42. The lowest BCUT2D eigenvalue weighted by Gasteiger charge is -2.28. The van der Waals surface area contributed by atoms with E-state index in [4.69, 9.17) is 9.98 Å². The maximum Gasteiger partial charge on any atom is 0.274 e. The highest BCUT2D eigenvalue weighted by Gasteiger charge is 2.31. The zero-order valence-electron chi connectivity index (χ0n) is 20.5. The van der Waals surface area contributed by atoms with Gasteiger partial charge in [-0.25, -0.2) is 4.98 Å². The van der Waals surface area contributed by atoms with Crippen LogP contribution >= 0.6 is 11.3 Å². The van der Waals surface area contributed by atoms with E-state index in [-0.39, 0.29) is 5.91 Å². The van der Waals surface area contributed by atoms with Gasteiger partial charge in [-0.3, -0.25) is 20.1 Å². The zero-order valence-corrected chi connectivity index (χ0v) is 21.3. The fourth-order valence-electron chi connectivity index (χ4n) is 4.35. The number of aliphatic imine (C=N–C) groups is 1. The molecule has 0 atom stereocenters. The number of aromatic nitrogens is 5. The Morgan fingerprint density at radius 2 is 1.97 bits per heavy atom. The van der Waals surface area contributed by atoms with Gasteiger partial charge in [0.1, 0.15) is 22.4 Å². The number of benzene rings is 1. The molecule has 10 nitrogen and oxygen atoms in total. The molecule has 0 saturated heterocycles. The van der Waals surface area contributed by atoms with Crippen LogP contribution < -0.4 is 15.5 Å². The molecule has 37 heavy (non-hydrogen) atoms. The van der Waals surface area contributed by atoms with E-state index in [2.05, 4.69) is 41.8 Å². The van der Waals surface area contributed by atoms with Gasteiger partial charge in [0.2, 0.25) is 11.1 Å². The van der Waals surface area contributed by atoms with E-state index in [1.165, 1.54) is 11.3 Å². The number of amides is 1. The maximum atomic E-state index is 12.8. The van der Waals surface area contributed by atoms with Crippen molar-refractivity contribution in [1.29, 1.82) is 0 Å². The first kappa shape index (κ1) is 22.9. The van der Waals surface area contributed by atoms with Gasteiger partial charge in [-0.1, -0.05) is 17.4 Å². The second kappa shape index (κ2) is 9.17. The van der Waals surface area contributed by atoms with Gasteiger partial charge in [0.05, 0.1) is 6.54 Å². The molecule has 0 radical (unpaired) electrons. The molecule has 11 heteroatoms. The standard InChI is InChI=1S/C26H23N9OS/c1-14-6-7-27-21(10-14)24(36)30-18-5-4-15(2)19(12-18)20-11-17-13-29-25(32-26-34-33-16(3)37-26)31-22(17)35-9-8-28-23(20)35/h4-7,10-13H,8-9H2,1-3H3,(H,30,36)(H,29,31,32,34). The molecule has 2 aliphatic heterocycles. The van der Waals surface area contributed by atoms with Crippen molar-refractivity contribution in [3.8, 4) is 0 Å². The minimum Gasteiger partial charge on any atom is -0.321 e. The lowest BCUT2D eigenvalue weighted by atomic mass is 9.94. The minimum absolute atomic E-state index is 0.250. The van der Waals surface area contributed by atoms with Crippen LogP contribution in [0.4, 0.5) is 22.6 Å². The van der Waals surface area contributed by atoms with Gasteiger partial charge in [0, 0.05) is 35.8 Å². The summed E-state index contributed by atoms with van der Waals surface area (Å²) in [5, 5.41) is 15.8. The number of anilines is 4. The molecule has 184 valence electrons. The molecule has 1 aromatic carbocycles. The van der Waals surface area contributed by atoms with E-state index in [0.29, 0.717) is 29.0 Å². The first-order valence-corrected chi connectivity index (χ1v) is 12.6. The number of pyridine rings is 1. The summed E-state index contributed by atoms with van der Waals surface area (Å²) in [6.07, 6.45) is 5.50. The van der Waals surface area contributed by atoms with E-state index in [1.54, 1.807) is 18.5 Å². The summed E-state index contributed by atoms with van der Waals surface area (Å²) in [5.41, 5.74) is 5.97. The number of hydrogen-bond acceptors (Lipinski definition) is 10. The predicted molar refractivity (Wildman–Crippen MR) is 146 cm³/mol. The molecule has 0 bridgehead atoms. The molecule has 3 aromatic heterocycles. The molecule has 0 fully saturated rings. The van der Waals surface area contributed by atoms with Crippen molar-refractivity contribution >= 4 is 57.3 Å². The Bertz CT molecular complexity index is 1610. The molecular formula is C26H23N9OS. The Morgan fingerprint density at radius 1 is 1.08 bits per heavy atom. The van der Waals surface area contributed by atoms with Crippen LogP contribution in [0.3, 0.4) is 0 Å². The minimum atomic E-state index is -0.250. The van der Waals surface area contributed by atoms with Gasteiger partial charge in [-0.15, -0.1) is 10.2 Å². The van der Waals surface area contributed by atoms with Crippen LogP contribution in [0.5, 0.6) is 0 Å². The van der Waals surface area contributed by atoms with E-state index in [9.17, 15) is 4.79 Å². The lowest BCUT2D eigenvalue weighted by Crippen LogP contribution is -2.32. The molecule has 5 heterocycles. The molecule has 2 N–H and O–H groups in total. The van der Waals surface area contributed by atoms with Gasteiger partial charge in [0.25, 0.3) is 5.91 Å². The Labute approximate surface area is 217 Å². The lowest BCUT2D eigenvalue weighted by molar-refractivity contribution is 0.102. The topological polar surface area (TPSA) is 121 Å². The van der Waals surface area contributed by atoms with E-state index >= 15 is 0 Å². The van der Waals surface area contributed by atoms with Gasteiger partial charge < -0.3 is 10.2 Å². The average molecular weight is 510 g/mol. The summed E-state index contributed by atoms with van der Waals surface area (Å²) >= 11 is 1.45. The SMILES string of the molecule is Cc1ccnc(C(=O)Nc2ccc(C)c(C3=Cc4cnc(Nc5nnc(C)s5)nc4N4CCN=C34)c2)c1. The summed E-state index contributed by atoms with van der Waals surface area (Å²) in [4.78, 5) is 33.2. The number of carbonyl (C=O) groups is 1. The number of nitrogens with zero attached hydrogens (tertiary/aromatic N) is 7. The Morgan fingerprint density at radius 3 is 2.78 bits per heavy atom. The fraction of sp³-hybridized carbons (Fsp3) is 0.192. The Kier molecular flexibility index (Phi) is 5.68. The van der Waals surface area contributed by atoms with Crippen LogP contribution in [-0.4, -0.2) is 50.0 Å².